The van der Waals surface area contributed by atoms with Crippen LogP contribution in [-0.4, -0.2) is 37.7 Å². The highest BCUT2D eigenvalue weighted by molar-refractivity contribution is 5.21. The van der Waals surface area contributed by atoms with Crippen molar-refractivity contribution in [2.45, 2.75) is 25.9 Å². The van der Waals surface area contributed by atoms with Crippen molar-refractivity contribution in [3.8, 4) is 0 Å². The molecule has 3 nitrogen and oxygen atoms in total. The summed E-state index contributed by atoms with van der Waals surface area (Å²) < 4.78 is 18.4. The van der Waals surface area contributed by atoms with Crippen molar-refractivity contribution in [1.82, 2.24) is 4.90 Å². The molecule has 0 amide bonds. The third kappa shape index (κ3) is 4.05. The molecule has 2 N–H and O–H groups in total. The van der Waals surface area contributed by atoms with E-state index in [1.165, 1.54) is 6.07 Å². The monoisotopic (exact) mass is 254 g/mol. The second kappa shape index (κ2) is 7.46. The number of hydrogen-bond acceptors (Lipinski definition) is 3. The van der Waals surface area contributed by atoms with Gasteiger partial charge >= 0.3 is 0 Å². The molecule has 0 spiro atoms. The Morgan fingerprint density at radius 3 is 2.67 bits per heavy atom. The van der Waals surface area contributed by atoms with E-state index in [2.05, 4.69) is 11.8 Å². The van der Waals surface area contributed by atoms with Gasteiger partial charge in [-0.25, -0.2) is 4.39 Å². The summed E-state index contributed by atoms with van der Waals surface area (Å²) in [5.74, 6) is -0.221. The predicted octanol–water partition coefficient (Wildman–Crippen LogP) is 2.18. The second-order valence-electron chi connectivity index (χ2n) is 4.48. The number of likely N-dealkylation sites (N-methyl/N-ethyl adjacent to an activating group) is 1. The van der Waals surface area contributed by atoms with Gasteiger partial charge in [0, 0.05) is 25.7 Å². The van der Waals surface area contributed by atoms with E-state index in [0.29, 0.717) is 6.61 Å². The molecule has 0 heterocycles. The molecule has 0 saturated heterocycles. The van der Waals surface area contributed by atoms with Crippen molar-refractivity contribution < 1.29 is 9.13 Å². The Balaban J connectivity index is 2.93. The molecule has 1 rings (SSSR count). The van der Waals surface area contributed by atoms with Crippen LogP contribution >= 0.6 is 0 Å². The molecule has 1 aromatic rings. The Labute approximate surface area is 109 Å². The van der Waals surface area contributed by atoms with Crippen LogP contribution in [0.1, 0.15) is 25.5 Å². The Bertz CT molecular complexity index is 357. The zero-order chi connectivity index (χ0) is 13.5. The van der Waals surface area contributed by atoms with E-state index in [-0.39, 0.29) is 17.9 Å². The van der Waals surface area contributed by atoms with Gasteiger partial charge in [0.2, 0.25) is 0 Å². The van der Waals surface area contributed by atoms with Gasteiger partial charge in [-0.05, 0) is 31.2 Å². The average molecular weight is 254 g/mol. The van der Waals surface area contributed by atoms with Gasteiger partial charge in [-0.3, -0.25) is 4.90 Å². The minimum atomic E-state index is -0.221. The zero-order valence-corrected chi connectivity index (χ0v) is 11.4. The smallest absolute Gasteiger partial charge is 0.123 e. The summed E-state index contributed by atoms with van der Waals surface area (Å²) in [5.41, 5.74) is 6.98. The first kappa shape index (κ1) is 15.1. The lowest BCUT2D eigenvalue weighted by atomic mass is 9.99. The molecular formula is C14H23FN2O. The van der Waals surface area contributed by atoms with Crippen LogP contribution in [0.4, 0.5) is 4.39 Å². The van der Waals surface area contributed by atoms with Gasteiger partial charge < -0.3 is 10.5 Å². The summed E-state index contributed by atoms with van der Waals surface area (Å²) in [5, 5.41) is 0. The van der Waals surface area contributed by atoms with Crippen LogP contribution in [0.5, 0.6) is 0 Å². The van der Waals surface area contributed by atoms with Crippen LogP contribution in [0, 0.1) is 5.82 Å². The van der Waals surface area contributed by atoms with Crippen molar-refractivity contribution in [2.24, 2.45) is 5.73 Å². The highest BCUT2D eigenvalue weighted by Crippen LogP contribution is 2.23. The maximum absolute atomic E-state index is 13.3. The quantitative estimate of drug-likeness (QED) is 0.810. The van der Waals surface area contributed by atoms with E-state index < -0.39 is 0 Å². The van der Waals surface area contributed by atoms with E-state index in [1.807, 2.05) is 13.0 Å². The maximum Gasteiger partial charge on any atom is 0.123 e. The molecule has 2 unspecified atom stereocenters. The number of nitrogens with two attached hydrogens (primary N) is 1. The van der Waals surface area contributed by atoms with Crippen molar-refractivity contribution in [3.05, 3.63) is 35.6 Å². The molecular weight excluding hydrogens is 231 g/mol. The number of rotatable bonds is 7. The fourth-order valence-corrected chi connectivity index (χ4v) is 2.24. The molecule has 0 fully saturated rings. The zero-order valence-electron chi connectivity index (χ0n) is 11.4. The number of benzene rings is 1. The van der Waals surface area contributed by atoms with Crippen molar-refractivity contribution in [1.29, 1.82) is 0 Å². The second-order valence-corrected chi connectivity index (χ2v) is 4.48. The Kier molecular flexibility index (Phi) is 6.25. The number of methoxy groups -OCH3 is 1. The van der Waals surface area contributed by atoms with Crippen molar-refractivity contribution in [2.75, 3.05) is 26.8 Å². The van der Waals surface area contributed by atoms with Crippen LogP contribution < -0.4 is 5.73 Å². The highest BCUT2D eigenvalue weighted by atomic mass is 19.1. The van der Waals surface area contributed by atoms with Gasteiger partial charge in [0.25, 0.3) is 0 Å². The van der Waals surface area contributed by atoms with Gasteiger partial charge in [-0.2, -0.15) is 0 Å². The molecule has 0 aliphatic carbocycles. The molecule has 18 heavy (non-hydrogen) atoms. The van der Waals surface area contributed by atoms with Gasteiger partial charge in [-0.1, -0.05) is 19.1 Å². The lowest BCUT2D eigenvalue weighted by Gasteiger charge is -2.33. The SMILES string of the molecule is CCN(CCOC)C(c1cccc(F)c1)C(C)N. The summed E-state index contributed by atoms with van der Waals surface area (Å²) >= 11 is 0. The summed E-state index contributed by atoms with van der Waals surface area (Å²) in [6, 6.07) is 6.61. The fraction of sp³-hybridized carbons (Fsp3) is 0.571. The first-order chi connectivity index (χ1) is 8.60. The molecule has 102 valence electrons. The topological polar surface area (TPSA) is 38.5 Å². The summed E-state index contributed by atoms with van der Waals surface area (Å²) in [4.78, 5) is 2.21. The van der Waals surface area contributed by atoms with Gasteiger partial charge in [-0.15, -0.1) is 0 Å². The first-order valence-corrected chi connectivity index (χ1v) is 6.34. The van der Waals surface area contributed by atoms with Gasteiger partial charge in [0.05, 0.1) is 6.61 Å². The number of ether oxygens (including phenoxy) is 1. The minimum Gasteiger partial charge on any atom is -0.383 e. The molecule has 0 aliphatic rings. The van der Waals surface area contributed by atoms with E-state index in [4.69, 9.17) is 10.5 Å². The van der Waals surface area contributed by atoms with E-state index in [1.54, 1.807) is 19.2 Å². The Morgan fingerprint density at radius 1 is 1.44 bits per heavy atom. The van der Waals surface area contributed by atoms with E-state index in [9.17, 15) is 4.39 Å². The number of nitrogens with zero attached hydrogens (tertiary/aromatic N) is 1. The molecule has 4 heteroatoms. The van der Waals surface area contributed by atoms with Crippen molar-refractivity contribution in [3.63, 3.8) is 0 Å². The lowest BCUT2D eigenvalue weighted by Crippen LogP contribution is -2.41. The molecule has 0 aromatic heterocycles. The molecule has 1 aromatic carbocycles. The molecule has 0 bridgehead atoms. The van der Waals surface area contributed by atoms with Crippen LogP contribution in [0.3, 0.4) is 0 Å². The Morgan fingerprint density at radius 2 is 2.17 bits per heavy atom. The minimum absolute atomic E-state index is 0.0147. The maximum atomic E-state index is 13.3. The predicted molar refractivity (Wildman–Crippen MR) is 71.9 cm³/mol. The summed E-state index contributed by atoms with van der Waals surface area (Å²) in [6.07, 6.45) is 0. The normalized spacial score (nSPS) is 14.8. The van der Waals surface area contributed by atoms with Crippen LogP contribution in [0.25, 0.3) is 0 Å². The number of hydrogen-bond donors (Lipinski definition) is 1. The molecule has 0 aliphatic heterocycles. The highest BCUT2D eigenvalue weighted by Gasteiger charge is 2.22. The van der Waals surface area contributed by atoms with Gasteiger partial charge in [0.1, 0.15) is 5.82 Å². The molecule has 2 atom stereocenters. The standard InChI is InChI=1S/C14H23FN2O/c1-4-17(8-9-18-3)14(11(2)16)12-6-5-7-13(15)10-12/h5-7,10-11,14H,4,8-9,16H2,1-3H3. The third-order valence-corrected chi connectivity index (χ3v) is 3.07. The van der Waals surface area contributed by atoms with Crippen LogP contribution in [0.2, 0.25) is 0 Å². The third-order valence-electron chi connectivity index (χ3n) is 3.07. The van der Waals surface area contributed by atoms with E-state index in [0.717, 1.165) is 18.7 Å². The summed E-state index contributed by atoms with van der Waals surface area (Å²) in [7, 11) is 1.68. The number of halogens is 1. The Hall–Kier alpha value is -0.970. The lowest BCUT2D eigenvalue weighted by molar-refractivity contribution is 0.115. The molecule has 0 radical (unpaired) electrons. The van der Waals surface area contributed by atoms with Crippen molar-refractivity contribution >= 4 is 0 Å². The van der Waals surface area contributed by atoms with E-state index >= 15 is 0 Å². The fourth-order valence-electron chi connectivity index (χ4n) is 2.24. The van der Waals surface area contributed by atoms with Gasteiger partial charge in [0.15, 0.2) is 0 Å². The first-order valence-electron chi connectivity index (χ1n) is 6.34. The van der Waals surface area contributed by atoms with Crippen LogP contribution in [0.15, 0.2) is 24.3 Å². The van der Waals surface area contributed by atoms with Crippen LogP contribution in [-0.2, 0) is 4.74 Å². The molecule has 0 saturated carbocycles. The average Bonchev–Trinajstić information content (AvgIpc) is 2.33. The summed E-state index contributed by atoms with van der Waals surface area (Å²) in [6.45, 7) is 6.31. The largest absolute Gasteiger partial charge is 0.383 e.